The zero-order chi connectivity index (χ0) is 20.0. The van der Waals surface area contributed by atoms with Crippen LogP contribution in [-0.2, 0) is 14.9 Å². The van der Waals surface area contributed by atoms with Crippen LogP contribution < -0.4 is 10.1 Å². The van der Waals surface area contributed by atoms with Crippen LogP contribution in [0.1, 0.15) is 42.9 Å². The van der Waals surface area contributed by atoms with Gasteiger partial charge >= 0.3 is 0 Å². The van der Waals surface area contributed by atoms with Crippen LogP contribution >= 0.6 is 0 Å². The van der Waals surface area contributed by atoms with Gasteiger partial charge in [-0.15, -0.1) is 0 Å². The molecular weight excluding hydrogens is 350 g/mol. The quantitative estimate of drug-likeness (QED) is 0.777. The number of amides is 1. The Bertz CT molecular complexity index is 782. The summed E-state index contributed by atoms with van der Waals surface area (Å²) in [6.07, 6.45) is 1.95. The Morgan fingerprint density at radius 2 is 1.86 bits per heavy atom. The van der Waals surface area contributed by atoms with E-state index in [1.807, 2.05) is 32.0 Å². The highest BCUT2D eigenvalue weighted by Gasteiger charge is 2.35. The van der Waals surface area contributed by atoms with Gasteiger partial charge in [-0.25, -0.2) is 0 Å². The van der Waals surface area contributed by atoms with Gasteiger partial charge in [-0.1, -0.05) is 55.0 Å². The molecule has 0 spiro atoms. The summed E-state index contributed by atoms with van der Waals surface area (Å²) in [5.74, 6) is 0.723. The Morgan fingerprint density at radius 1 is 1.14 bits per heavy atom. The Balaban J connectivity index is 1.69. The molecule has 1 atom stereocenters. The maximum Gasteiger partial charge on any atom is 0.261 e. The maximum absolute atomic E-state index is 12.9. The molecule has 0 saturated carbocycles. The molecule has 3 rings (SSSR count). The van der Waals surface area contributed by atoms with E-state index in [1.54, 1.807) is 0 Å². The lowest BCUT2D eigenvalue weighted by Crippen LogP contribution is -2.48. The average molecular weight is 382 g/mol. The number of aryl methyl sites for hydroxylation is 2. The fourth-order valence-electron chi connectivity index (χ4n) is 3.90. The molecule has 2 aromatic rings. The topological polar surface area (TPSA) is 47.6 Å². The molecule has 28 heavy (non-hydrogen) atoms. The highest BCUT2D eigenvalue weighted by molar-refractivity contribution is 5.81. The van der Waals surface area contributed by atoms with E-state index < -0.39 is 6.10 Å². The molecule has 2 aromatic carbocycles. The first-order valence-corrected chi connectivity index (χ1v) is 10.2. The minimum Gasteiger partial charge on any atom is -0.480 e. The van der Waals surface area contributed by atoms with Gasteiger partial charge in [0.2, 0.25) is 0 Å². The summed E-state index contributed by atoms with van der Waals surface area (Å²) in [5.41, 5.74) is 3.43. The van der Waals surface area contributed by atoms with E-state index in [0.29, 0.717) is 13.0 Å². The Hall–Kier alpha value is -2.33. The lowest BCUT2D eigenvalue weighted by Gasteiger charge is -2.38. The molecule has 1 aliphatic heterocycles. The number of ether oxygens (including phenoxy) is 2. The van der Waals surface area contributed by atoms with Gasteiger partial charge < -0.3 is 14.8 Å². The van der Waals surface area contributed by atoms with Crippen molar-refractivity contribution in [2.45, 2.75) is 51.6 Å². The van der Waals surface area contributed by atoms with E-state index in [1.165, 1.54) is 11.1 Å². The molecule has 1 aliphatic rings. The number of rotatable bonds is 7. The fourth-order valence-corrected chi connectivity index (χ4v) is 3.90. The van der Waals surface area contributed by atoms with Gasteiger partial charge in [-0.3, -0.25) is 4.79 Å². The fraction of sp³-hybridized carbons (Fsp3) is 0.458. The zero-order valence-electron chi connectivity index (χ0n) is 17.2. The predicted octanol–water partition coefficient (Wildman–Crippen LogP) is 4.33. The molecule has 0 bridgehead atoms. The van der Waals surface area contributed by atoms with Crippen LogP contribution in [0.25, 0.3) is 0 Å². The first-order chi connectivity index (χ1) is 13.5. The van der Waals surface area contributed by atoms with Crippen LogP contribution in [-0.4, -0.2) is 31.8 Å². The van der Waals surface area contributed by atoms with Crippen molar-refractivity contribution in [2.75, 3.05) is 19.8 Å². The predicted molar refractivity (Wildman–Crippen MR) is 112 cm³/mol. The summed E-state index contributed by atoms with van der Waals surface area (Å²) in [6.45, 7) is 8.10. The summed E-state index contributed by atoms with van der Waals surface area (Å²) in [4.78, 5) is 12.9. The molecule has 0 aliphatic carbocycles. The van der Waals surface area contributed by atoms with Gasteiger partial charge in [0.05, 0.1) is 0 Å². The van der Waals surface area contributed by atoms with Crippen LogP contribution in [0.2, 0.25) is 0 Å². The summed E-state index contributed by atoms with van der Waals surface area (Å²) < 4.78 is 11.6. The van der Waals surface area contributed by atoms with E-state index in [4.69, 9.17) is 9.47 Å². The van der Waals surface area contributed by atoms with Crippen molar-refractivity contribution < 1.29 is 14.3 Å². The van der Waals surface area contributed by atoms with Crippen molar-refractivity contribution >= 4 is 5.91 Å². The second-order valence-electron chi connectivity index (χ2n) is 7.76. The molecule has 1 N–H and O–H groups in total. The van der Waals surface area contributed by atoms with Crippen molar-refractivity contribution in [3.05, 3.63) is 65.2 Å². The SMILES string of the molecule is CC[C@H](Oc1ccc(C)cc1C)C(=O)NCC1(c2ccccc2)CCOCC1. The van der Waals surface area contributed by atoms with Gasteiger partial charge in [-0.2, -0.15) is 0 Å². The molecule has 1 saturated heterocycles. The smallest absolute Gasteiger partial charge is 0.261 e. The van der Waals surface area contributed by atoms with Crippen LogP contribution in [0.15, 0.2) is 48.5 Å². The molecule has 4 heteroatoms. The van der Waals surface area contributed by atoms with Gasteiger partial charge in [0.1, 0.15) is 5.75 Å². The largest absolute Gasteiger partial charge is 0.480 e. The van der Waals surface area contributed by atoms with Crippen molar-refractivity contribution in [3.8, 4) is 5.75 Å². The molecule has 1 fully saturated rings. The van der Waals surface area contributed by atoms with E-state index in [-0.39, 0.29) is 11.3 Å². The number of carbonyl (C=O) groups is 1. The van der Waals surface area contributed by atoms with Crippen molar-refractivity contribution in [3.63, 3.8) is 0 Å². The second-order valence-corrected chi connectivity index (χ2v) is 7.76. The van der Waals surface area contributed by atoms with Crippen molar-refractivity contribution in [1.29, 1.82) is 0 Å². The summed E-state index contributed by atoms with van der Waals surface area (Å²) in [6, 6.07) is 16.5. The number of nitrogens with one attached hydrogen (secondary N) is 1. The van der Waals surface area contributed by atoms with Crippen molar-refractivity contribution in [2.24, 2.45) is 0 Å². The third-order valence-corrected chi connectivity index (χ3v) is 5.70. The van der Waals surface area contributed by atoms with Gasteiger partial charge in [0.25, 0.3) is 5.91 Å². The number of carbonyl (C=O) groups excluding carboxylic acids is 1. The minimum absolute atomic E-state index is 0.0516. The van der Waals surface area contributed by atoms with Gasteiger partial charge in [-0.05, 0) is 50.3 Å². The van der Waals surface area contributed by atoms with Gasteiger partial charge in [0, 0.05) is 25.2 Å². The molecule has 1 heterocycles. The van der Waals surface area contributed by atoms with E-state index in [2.05, 4.69) is 42.6 Å². The lowest BCUT2D eigenvalue weighted by atomic mass is 9.74. The molecular formula is C24H31NO3. The standard InChI is InChI=1S/C24H31NO3/c1-4-21(28-22-11-10-18(2)16-19(22)3)23(26)25-17-24(12-14-27-15-13-24)20-8-6-5-7-9-20/h5-11,16,21H,4,12-15,17H2,1-3H3,(H,25,26)/t21-/m0/s1. The van der Waals surface area contributed by atoms with Crippen LogP contribution in [0.5, 0.6) is 5.75 Å². The average Bonchev–Trinajstić information content (AvgIpc) is 2.73. The van der Waals surface area contributed by atoms with E-state index in [0.717, 1.165) is 37.4 Å². The highest BCUT2D eigenvalue weighted by Crippen LogP contribution is 2.34. The summed E-state index contributed by atoms with van der Waals surface area (Å²) >= 11 is 0. The van der Waals surface area contributed by atoms with E-state index in [9.17, 15) is 4.79 Å². The highest BCUT2D eigenvalue weighted by atomic mass is 16.5. The molecule has 150 valence electrons. The Labute approximate surface area is 168 Å². The number of benzene rings is 2. The molecule has 4 nitrogen and oxygen atoms in total. The van der Waals surface area contributed by atoms with Crippen LogP contribution in [0.4, 0.5) is 0 Å². The molecule has 0 unspecified atom stereocenters. The normalized spacial score (nSPS) is 17.0. The van der Waals surface area contributed by atoms with Crippen LogP contribution in [0.3, 0.4) is 0 Å². The first-order valence-electron chi connectivity index (χ1n) is 10.2. The zero-order valence-corrected chi connectivity index (χ0v) is 17.2. The third kappa shape index (κ3) is 4.74. The Kier molecular flexibility index (Phi) is 6.74. The lowest BCUT2D eigenvalue weighted by molar-refractivity contribution is -0.128. The maximum atomic E-state index is 12.9. The minimum atomic E-state index is -0.492. The van der Waals surface area contributed by atoms with Gasteiger partial charge in [0.15, 0.2) is 6.10 Å². The Morgan fingerprint density at radius 3 is 2.50 bits per heavy atom. The summed E-state index contributed by atoms with van der Waals surface area (Å²) in [7, 11) is 0. The van der Waals surface area contributed by atoms with Crippen LogP contribution in [0, 0.1) is 13.8 Å². The molecule has 0 aromatic heterocycles. The first kappa shape index (κ1) is 20.4. The second kappa shape index (κ2) is 9.24. The van der Waals surface area contributed by atoms with Crippen molar-refractivity contribution in [1.82, 2.24) is 5.32 Å². The summed E-state index contributed by atoms with van der Waals surface area (Å²) in [5, 5.41) is 3.17. The molecule has 0 radical (unpaired) electrons. The number of hydrogen-bond acceptors (Lipinski definition) is 3. The number of hydrogen-bond donors (Lipinski definition) is 1. The molecule has 1 amide bonds. The third-order valence-electron chi connectivity index (χ3n) is 5.70. The monoisotopic (exact) mass is 381 g/mol. The van der Waals surface area contributed by atoms with E-state index >= 15 is 0 Å².